The molecule has 1 aliphatic heterocycles. The fourth-order valence-corrected chi connectivity index (χ4v) is 5.41. The second-order valence-corrected chi connectivity index (χ2v) is 9.41. The molecule has 1 aromatic heterocycles. The Morgan fingerprint density at radius 2 is 1.94 bits per heavy atom. The van der Waals surface area contributed by atoms with Gasteiger partial charge in [0.05, 0.1) is 26.3 Å². The zero-order valence-corrected chi connectivity index (χ0v) is 20.5. The SMILES string of the molecule is CCCCCCCOc1cc(OC)c([C@@H]2C3=C(C[C@@H](C)N2CC(F)F)c2ccccc2C3)cn1. The maximum absolute atomic E-state index is 13.7. The summed E-state index contributed by atoms with van der Waals surface area (Å²) in [6.45, 7) is 4.57. The number of ether oxygens (including phenoxy) is 2. The van der Waals surface area contributed by atoms with Crippen LogP contribution in [-0.4, -0.2) is 42.6 Å². The molecule has 1 aliphatic carbocycles. The molecular formula is C28H36F2N2O2. The highest BCUT2D eigenvalue weighted by Crippen LogP contribution is 2.50. The predicted octanol–water partition coefficient (Wildman–Crippen LogP) is 6.85. The van der Waals surface area contributed by atoms with Crippen molar-refractivity contribution in [2.24, 2.45) is 0 Å². The van der Waals surface area contributed by atoms with Gasteiger partial charge in [-0.25, -0.2) is 13.8 Å². The average molecular weight is 471 g/mol. The van der Waals surface area contributed by atoms with Gasteiger partial charge < -0.3 is 9.47 Å². The molecule has 2 heterocycles. The highest BCUT2D eigenvalue weighted by molar-refractivity contribution is 5.79. The van der Waals surface area contributed by atoms with Gasteiger partial charge >= 0.3 is 0 Å². The van der Waals surface area contributed by atoms with Crippen LogP contribution in [0.4, 0.5) is 8.78 Å². The summed E-state index contributed by atoms with van der Waals surface area (Å²) in [4.78, 5) is 6.48. The third kappa shape index (κ3) is 5.27. The number of halogens is 2. The van der Waals surface area contributed by atoms with E-state index in [1.807, 2.05) is 24.0 Å². The van der Waals surface area contributed by atoms with Crippen LogP contribution >= 0.6 is 0 Å². The quantitative estimate of drug-likeness (QED) is 0.336. The van der Waals surface area contributed by atoms with Gasteiger partial charge in [-0.3, -0.25) is 4.90 Å². The summed E-state index contributed by atoms with van der Waals surface area (Å²) in [5.74, 6) is 1.15. The van der Waals surface area contributed by atoms with Crippen LogP contribution in [0.3, 0.4) is 0 Å². The number of hydrogen-bond acceptors (Lipinski definition) is 4. The molecule has 0 N–H and O–H groups in total. The maximum Gasteiger partial charge on any atom is 0.251 e. The summed E-state index contributed by atoms with van der Waals surface area (Å²) in [6.07, 6.45) is 6.70. The molecule has 2 aliphatic rings. The molecule has 0 spiro atoms. The minimum atomic E-state index is -2.41. The standard InChI is InChI=1S/C28H36F2N2O2/c1-4-5-6-7-10-13-34-27-16-25(33-3)24(17-31-27)28-23-15-20-11-8-9-12-21(20)22(23)14-19(2)32(28)18-26(29)30/h8-9,11-12,16-17,19,26,28H,4-7,10,13-15,18H2,1-3H3/t19-,28+/m1/s1. The number of methoxy groups -OCH3 is 1. The van der Waals surface area contributed by atoms with E-state index in [4.69, 9.17) is 9.47 Å². The van der Waals surface area contributed by atoms with Gasteiger partial charge in [0.2, 0.25) is 5.88 Å². The van der Waals surface area contributed by atoms with Crippen LogP contribution in [0.25, 0.3) is 5.57 Å². The molecule has 0 saturated heterocycles. The molecule has 0 bridgehead atoms. The van der Waals surface area contributed by atoms with Gasteiger partial charge in [-0.2, -0.15) is 0 Å². The van der Waals surface area contributed by atoms with Gasteiger partial charge in [0.25, 0.3) is 6.43 Å². The Balaban J connectivity index is 1.62. The Hall–Kier alpha value is -2.47. The fraction of sp³-hybridized carbons (Fsp3) is 0.536. The topological polar surface area (TPSA) is 34.6 Å². The highest BCUT2D eigenvalue weighted by atomic mass is 19.3. The molecule has 2 aromatic rings. The number of nitrogens with zero attached hydrogens (tertiary/aromatic N) is 2. The van der Waals surface area contributed by atoms with Gasteiger partial charge in [0.15, 0.2) is 0 Å². The molecular weight excluding hydrogens is 434 g/mol. The number of alkyl halides is 2. The normalized spacial score (nSPS) is 19.9. The molecule has 0 radical (unpaired) electrons. The van der Waals surface area contributed by atoms with Gasteiger partial charge in [-0.1, -0.05) is 56.9 Å². The highest BCUT2D eigenvalue weighted by Gasteiger charge is 2.41. The summed E-state index contributed by atoms with van der Waals surface area (Å²) in [6, 6.07) is 9.87. The van der Waals surface area contributed by atoms with Crippen LogP contribution in [-0.2, 0) is 6.42 Å². The lowest BCUT2D eigenvalue weighted by Crippen LogP contribution is -2.43. The van der Waals surface area contributed by atoms with Crippen molar-refractivity contribution in [3.05, 3.63) is 58.8 Å². The first-order valence-corrected chi connectivity index (χ1v) is 12.5. The van der Waals surface area contributed by atoms with Crippen LogP contribution in [0.5, 0.6) is 11.6 Å². The van der Waals surface area contributed by atoms with Crippen molar-refractivity contribution in [2.75, 3.05) is 20.3 Å². The zero-order valence-electron chi connectivity index (χ0n) is 20.5. The number of rotatable bonds is 11. The Labute approximate surface area is 202 Å². The van der Waals surface area contributed by atoms with Crippen LogP contribution in [0.1, 0.15) is 75.1 Å². The molecule has 2 atom stereocenters. The van der Waals surface area contributed by atoms with Crippen molar-refractivity contribution in [1.82, 2.24) is 9.88 Å². The number of fused-ring (bicyclic) bond motifs is 2. The molecule has 184 valence electrons. The lowest BCUT2D eigenvalue weighted by Gasteiger charge is -2.42. The summed E-state index contributed by atoms with van der Waals surface area (Å²) in [5.41, 5.74) is 5.81. The van der Waals surface area contributed by atoms with Crippen molar-refractivity contribution < 1.29 is 18.3 Å². The van der Waals surface area contributed by atoms with Gasteiger partial charge in [0.1, 0.15) is 5.75 Å². The van der Waals surface area contributed by atoms with Crippen molar-refractivity contribution in [1.29, 1.82) is 0 Å². The Kier molecular flexibility index (Phi) is 8.19. The molecule has 34 heavy (non-hydrogen) atoms. The average Bonchev–Trinajstić information content (AvgIpc) is 3.19. The van der Waals surface area contributed by atoms with Crippen LogP contribution in [0, 0.1) is 0 Å². The molecule has 6 heteroatoms. The second-order valence-electron chi connectivity index (χ2n) is 9.41. The van der Waals surface area contributed by atoms with Crippen molar-refractivity contribution in [3.63, 3.8) is 0 Å². The van der Waals surface area contributed by atoms with E-state index < -0.39 is 6.43 Å². The largest absolute Gasteiger partial charge is 0.496 e. The van der Waals surface area contributed by atoms with Gasteiger partial charge in [-0.05, 0) is 48.5 Å². The number of unbranched alkanes of at least 4 members (excludes halogenated alkanes) is 4. The third-order valence-electron chi connectivity index (χ3n) is 7.07. The Morgan fingerprint density at radius 1 is 1.15 bits per heavy atom. The molecule has 4 nitrogen and oxygen atoms in total. The van der Waals surface area contributed by atoms with E-state index in [-0.39, 0.29) is 18.6 Å². The summed E-state index contributed by atoms with van der Waals surface area (Å²) < 4.78 is 39.0. The first-order chi connectivity index (χ1) is 16.5. The van der Waals surface area contributed by atoms with Crippen LogP contribution in [0.2, 0.25) is 0 Å². The maximum atomic E-state index is 13.7. The van der Waals surface area contributed by atoms with E-state index in [9.17, 15) is 8.78 Å². The lowest BCUT2D eigenvalue weighted by molar-refractivity contribution is 0.0475. The van der Waals surface area contributed by atoms with Gasteiger partial charge in [-0.15, -0.1) is 0 Å². The number of benzene rings is 1. The second kappa shape index (κ2) is 11.3. The van der Waals surface area contributed by atoms with Crippen LogP contribution in [0.15, 0.2) is 42.1 Å². The lowest BCUT2D eigenvalue weighted by atomic mass is 9.85. The number of hydrogen-bond donors (Lipinski definition) is 0. The van der Waals surface area contributed by atoms with E-state index in [0.29, 0.717) is 18.2 Å². The van der Waals surface area contributed by atoms with E-state index in [2.05, 4.69) is 30.1 Å². The van der Waals surface area contributed by atoms with Crippen molar-refractivity contribution in [3.8, 4) is 11.6 Å². The van der Waals surface area contributed by atoms with Crippen molar-refractivity contribution in [2.45, 2.75) is 77.3 Å². The van der Waals surface area contributed by atoms with Gasteiger partial charge in [0, 0.05) is 23.9 Å². The number of aromatic nitrogens is 1. The first kappa shape index (κ1) is 24.6. The van der Waals surface area contributed by atoms with E-state index in [1.165, 1.54) is 41.5 Å². The van der Waals surface area contributed by atoms with E-state index in [1.54, 1.807) is 13.3 Å². The summed E-state index contributed by atoms with van der Waals surface area (Å²) >= 11 is 0. The van der Waals surface area contributed by atoms with Crippen molar-refractivity contribution >= 4 is 5.57 Å². The summed E-state index contributed by atoms with van der Waals surface area (Å²) in [5, 5.41) is 0. The minimum Gasteiger partial charge on any atom is -0.496 e. The van der Waals surface area contributed by atoms with E-state index in [0.717, 1.165) is 31.2 Å². The molecule has 0 fully saturated rings. The molecule has 4 rings (SSSR count). The minimum absolute atomic E-state index is 0.0207. The van der Waals surface area contributed by atoms with E-state index >= 15 is 0 Å². The molecule has 0 saturated carbocycles. The summed E-state index contributed by atoms with van der Waals surface area (Å²) in [7, 11) is 1.62. The fourth-order valence-electron chi connectivity index (χ4n) is 5.41. The third-order valence-corrected chi connectivity index (χ3v) is 7.07. The monoisotopic (exact) mass is 470 g/mol. The first-order valence-electron chi connectivity index (χ1n) is 12.5. The molecule has 0 unspecified atom stereocenters. The smallest absolute Gasteiger partial charge is 0.251 e. The Morgan fingerprint density at radius 3 is 2.71 bits per heavy atom. The predicted molar refractivity (Wildman–Crippen MR) is 132 cm³/mol. The number of pyridine rings is 1. The zero-order chi connectivity index (χ0) is 24.1. The molecule has 0 amide bonds. The molecule has 1 aromatic carbocycles. The Bertz CT molecular complexity index is 1010. The van der Waals surface area contributed by atoms with Crippen LogP contribution < -0.4 is 9.47 Å².